The Hall–Kier alpha value is -2.97. The maximum atomic E-state index is 12.0. The first-order valence-corrected chi connectivity index (χ1v) is 6.18. The van der Waals surface area contributed by atoms with E-state index in [4.69, 9.17) is 4.74 Å². The van der Waals surface area contributed by atoms with Gasteiger partial charge >= 0.3 is 17.9 Å². The van der Waals surface area contributed by atoms with E-state index >= 15 is 0 Å². The molecule has 1 atom stereocenters. The van der Waals surface area contributed by atoms with Crippen molar-refractivity contribution in [1.82, 2.24) is 0 Å². The number of ether oxygens (including phenoxy) is 3. The number of hydrogen-bond donors (Lipinski definition) is 0. The molecule has 1 heterocycles. The highest BCUT2D eigenvalue weighted by Crippen LogP contribution is 2.20. The number of non-ortho nitro benzene ring substituents is 1. The van der Waals surface area contributed by atoms with Gasteiger partial charge in [-0.05, 0) is 6.07 Å². The SMILES string of the molecule is COC(=O)c1cc(C(=O)OC2CCOC2=O)cc([N+](=O)[O-])c1. The number of carbonyl (C=O) groups excluding carboxylic acids is 3. The van der Waals surface area contributed by atoms with Crippen molar-refractivity contribution >= 4 is 23.6 Å². The van der Waals surface area contributed by atoms with Crippen LogP contribution in [0.3, 0.4) is 0 Å². The van der Waals surface area contributed by atoms with Crippen LogP contribution in [-0.4, -0.2) is 42.7 Å². The normalized spacial score (nSPS) is 16.8. The van der Waals surface area contributed by atoms with E-state index in [0.29, 0.717) is 0 Å². The van der Waals surface area contributed by atoms with Gasteiger partial charge in [0.25, 0.3) is 5.69 Å². The molecule has 1 aliphatic rings. The predicted molar refractivity (Wildman–Crippen MR) is 69.2 cm³/mol. The number of carbonyl (C=O) groups is 3. The summed E-state index contributed by atoms with van der Waals surface area (Å²) in [6, 6.07) is 3.03. The zero-order chi connectivity index (χ0) is 16.3. The Morgan fingerprint density at radius 2 is 1.91 bits per heavy atom. The lowest BCUT2D eigenvalue weighted by atomic mass is 10.1. The first kappa shape index (κ1) is 15.4. The first-order valence-electron chi connectivity index (χ1n) is 6.18. The largest absolute Gasteiger partial charge is 0.465 e. The van der Waals surface area contributed by atoms with Gasteiger partial charge in [0.05, 0.1) is 29.8 Å². The molecule has 0 spiro atoms. The number of hydrogen-bond acceptors (Lipinski definition) is 8. The molecule has 1 fully saturated rings. The average molecular weight is 309 g/mol. The van der Waals surface area contributed by atoms with E-state index in [-0.39, 0.29) is 24.2 Å². The van der Waals surface area contributed by atoms with Crippen molar-refractivity contribution in [3.63, 3.8) is 0 Å². The summed E-state index contributed by atoms with van der Waals surface area (Å²) in [6.45, 7) is 0.138. The molecule has 116 valence electrons. The third-order valence-corrected chi connectivity index (χ3v) is 2.92. The molecule has 0 saturated carbocycles. The molecule has 0 aliphatic carbocycles. The summed E-state index contributed by atoms with van der Waals surface area (Å²) in [5.41, 5.74) is -0.865. The third-order valence-electron chi connectivity index (χ3n) is 2.92. The van der Waals surface area contributed by atoms with Crippen molar-refractivity contribution < 1.29 is 33.5 Å². The summed E-state index contributed by atoms with van der Waals surface area (Å²) in [6.07, 6.45) is -0.836. The second-order valence-electron chi connectivity index (χ2n) is 4.37. The molecule has 1 aliphatic heterocycles. The smallest absolute Gasteiger partial charge is 0.347 e. The Balaban J connectivity index is 2.30. The Labute approximate surface area is 123 Å². The van der Waals surface area contributed by atoms with Gasteiger partial charge < -0.3 is 14.2 Å². The number of methoxy groups -OCH3 is 1. The van der Waals surface area contributed by atoms with Crippen LogP contribution >= 0.6 is 0 Å². The number of cyclic esters (lactones) is 1. The third kappa shape index (κ3) is 3.19. The van der Waals surface area contributed by atoms with Crippen LogP contribution in [0.1, 0.15) is 27.1 Å². The van der Waals surface area contributed by atoms with Gasteiger partial charge in [0, 0.05) is 18.6 Å². The molecule has 1 aromatic carbocycles. The van der Waals surface area contributed by atoms with Gasteiger partial charge in [-0.15, -0.1) is 0 Å². The van der Waals surface area contributed by atoms with Gasteiger partial charge in [-0.25, -0.2) is 14.4 Å². The summed E-state index contributed by atoms with van der Waals surface area (Å²) >= 11 is 0. The maximum absolute atomic E-state index is 12.0. The molecule has 22 heavy (non-hydrogen) atoms. The minimum absolute atomic E-state index is 0.138. The number of rotatable bonds is 4. The Morgan fingerprint density at radius 1 is 1.27 bits per heavy atom. The van der Waals surface area contributed by atoms with E-state index in [0.717, 1.165) is 25.3 Å². The molecule has 9 heteroatoms. The number of nitro benzene ring substituents is 1. The van der Waals surface area contributed by atoms with E-state index in [1.807, 2.05) is 0 Å². The molecule has 1 aromatic rings. The van der Waals surface area contributed by atoms with Gasteiger partial charge in [0.15, 0.2) is 0 Å². The molecular formula is C13H11NO8. The van der Waals surface area contributed by atoms with Gasteiger partial charge in [-0.1, -0.05) is 0 Å². The fourth-order valence-electron chi connectivity index (χ4n) is 1.85. The topological polar surface area (TPSA) is 122 Å². The fraction of sp³-hybridized carbons (Fsp3) is 0.308. The van der Waals surface area contributed by atoms with E-state index in [2.05, 4.69) is 9.47 Å². The molecule has 0 amide bonds. The van der Waals surface area contributed by atoms with Crippen molar-refractivity contribution in [2.24, 2.45) is 0 Å². The van der Waals surface area contributed by atoms with Crippen LogP contribution in [0, 0.1) is 10.1 Å². The minimum Gasteiger partial charge on any atom is -0.465 e. The van der Waals surface area contributed by atoms with Gasteiger partial charge in [0.2, 0.25) is 6.10 Å². The number of nitro groups is 1. The van der Waals surface area contributed by atoms with Crippen LogP contribution in [0.25, 0.3) is 0 Å². The van der Waals surface area contributed by atoms with Crippen LogP contribution in [0.5, 0.6) is 0 Å². The van der Waals surface area contributed by atoms with Gasteiger partial charge in [0.1, 0.15) is 0 Å². The predicted octanol–water partition coefficient (Wildman–Crippen LogP) is 0.854. The monoisotopic (exact) mass is 309 g/mol. The van der Waals surface area contributed by atoms with E-state index in [9.17, 15) is 24.5 Å². The maximum Gasteiger partial charge on any atom is 0.347 e. The highest BCUT2D eigenvalue weighted by Gasteiger charge is 2.31. The lowest BCUT2D eigenvalue weighted by Crippen LogP contribution is -2.23. The molecule has 1 saturated heterocycles. The lowest BCUT2D eigenvalue weighted by molar-refractivity contribution is -0.384. The van der Waals surface area contributed by atoms with Crippen LogP contribution in [0.4, 0.5) is 5.69 Å². The van der Waals surface area contributed by atoms with Crippen molar-refractivity contribution in [2.45, 2.75) is 12.5 Å². The highest BCUT2D eigenvalue weighted by atomic mass is 16.6. The van der Waals surface area contributed by atoms with Crippen LogP contribution in [-0.2, 0) is 19.0 Å². The van der Waals surface area contributed by atoms with E-state index < -0.39 is 34.6 Å². The first-order chi connectivity index (χ1) is 10.4. The summed E-state index contributed by atoms with van der Waals surface area (Å²) in [4.78, 5) is 44.8. The highest BCUT2D eigenvalue weighted by molar-refractivity contribution is 5.97. The van der Waals surface area contributed by atoms with Gasteiger partial charge in [-0.2, -0.15) is 0 Å². The second kappa shape index (κ2) is 6.20. The van der Waals surface area contributed by atoms with Crippen molar-refractivity contribution in [2.75, 3.05) is 13.7 Å². The molecule has 0 aromatic heterocycles. The van der Waals surface area contributed by atoms with Crippen molar-refractivity contribution in [3.05, 3.63) is 39.4 Å². The van der Waals surface area contributed by atoms with Crippen LogP contribution in [0.2, 0.25) is 0 Å². The summed E-state index contributed by atoms with van der Waals surface area (Å²) in [5.74, 6) is -2.47. The van der Waals surface area contributed by atoms with Crippen LogP contribution in [0.15, 0.2) is 18.2 Å². The Morgan fingerprint density at radius 3 is 2.41 bits per heavy atom. The minimum atomic E-state index is -1.05. The van der Waals surface area contributed by atoms with Crippen LogP contribution < -0.4 is 0 Å². The zero-order valence-electron chi connectivity index (χ0n) is 11.4. The average Bonchev–Trinajstić information content (AvgIpc) is 2.91. The fourth-order valence-corrected chi connectivity index (χ4v) is 1.85. The zero-order valence-corrected chi connectivity index (χ0v) is 11.4. The Kier molecular flexibility index (Phi) is 4.35. The second-order valence-corrected chi connectivity index (χ2v) is 4.37. The molecule has 9 nitrogen and oxygen atoms in total. The number of benzene rings is 1. The van der Waals surface area contributed by atoms with Gasteiger partial charge in [-0.3, -0.25) is 10.1 Å². The van der Waals surface area contributed by atoms with Crippen molar-refractivity contribution in [3.8, 4) is 0 Å². The quantitative estimate of drug-likeness (QED) is 0.347. The van der Waals surface area contributed by atoms with E-state index in [1.165, 1.54) is 0 Å². The molecule has 0 bridgehead atoms. The molecule has 0 radical (unpaired) electrons. The Bertz CT molecular complexity index is 653. The summed E-state index contributed by atoms with van der Waals surface area (Å²) in [7, 11) is 1.10. The molecule has 2 rings (SSSR count). The lowest BCUT2D eigenvalue weighted by Gasteiger charge is -2.09. The standard InChI is InChI=1S/C13H11NO8/c1-20-11(15)7-4-8(6-9(5-7)14(18)19)12(16)22-10-2-3-21-13(10)17/h4-6,10H,2-3H2,1H3. The van der Waals surface area contributed by atoms with Crippen molar-refractivity contribution in [1.29, 1.82) is 0 Å². The molecular weight excluding hydrogens is 298 g/mol. The molecule has 1 unspecified atom stereocenters. The van der Waals surface area contributed by atoms with E-state index in [1.54, 1.807) is 0 Å². The molecule has 0 N–H and O–H groups in total. The summed E-state index contributed by atoms with van der Waals surface area (Å²) < 4.78 is 14.0. The number of nitrogens with zero attached hydrogens (tertiary/aromatic N) is 1. The summed E-state index contributed by atoms with van der Waals surface area (Å²) in [5, 5.41) is 10.9. The number of esters is 3.